The lowest BCUT2D eigenvalue weighted by Crippen LogP contribution is -2.11. The van der Waals surface area contributed by atoms with Crippen molar-refractivity contribution in [3.05, 3.63) is 66.4 Å². The molecule has 0 atom stereocenters. The van der Waals surface area contributed by atoms with Crippen molar-refractivity contribution in [1.82, 2.24) is 9.97 Å². The molecule has 21 heavy (non-hydrogen) atoms. The molecule has 0 aromatic carbocycles. The number of H-pyrrole nitrogens is 2. The first-order chi connectivity index (χ1) is 9.62. The molecule has 0 saturated heterocycles. The molecule has 0 radical (unpaired) electrons. The van der Waals surface area contributed by atoms with Gasteiger partial charge in [-0.3, -0.25) is 9.59 Å². The van der Waals surface area contributed by atoms with Crippen molar-refractivity contribution in [3.63, 3.8) is 0 Å². The number of aromatic nitrogens is 2. The number of hydrogen-bond acceptors (Lipinski definition) is 2. The zero-order valence-corrected chi connectivity index (χ0v) is 12.0. The van der Waals surface area contributed by atoms with Gasteiger partial charge in [-0.1, -0.05) is 23.2 Å². The molecule has 0 amide bonds. The lowest BCUT2D eigenvalue weighted by atomic mass is 10.3. The maximum absolute atomic E-state index is 11.8. The fraction of sp³-hybridized carbons (Fsp3) is 0.167. The van der Waals surface area contributed by atoms with Gasteiger partial charge in [-0.25, -0.2) is 0 Å². The molecule has 0 bridgehead atoms. The molecule has 2 heterocycles. The van der Waals surface area contributed by atoms with Gasteiger partial charge in [0.15, 0.2) is 5.43 Å². The molecule has 0 spiro atoms. The van der Waals surface area contributed by atoms with Gasteiger partial charge >= 0.3 is 6.18 Å². The Morgan fingerprint density at radius 3 is 2.19 bits per heavy atom. The summed E-state index contributed by atoms with van der Waals surface area (Å²) in [5, 5.41) is 0.636. The molecular formula is C12H9Cl2F3N2O2. The van der Waals surface area contributed by atoms with E-state index in [1.807, 2.05) is 4.98 Å². The van der Waals surface area contributed by atoms with E-state index in [2.05, 4.69) is 4.98 Å². The summed E-state index contributed by atoms with van der Waals surface area (Å²) < 4.78 is 35.4. The van der Waals surface area contributed by atoms with E-state index in [4.69, 9.17) is 23.2 Å². The highest BCUT2D eigenvalue weighted by atomic mass is 35.5. The van der Waals surface area contributed by atoms with E-state index in [0.717, 1.165) is 12.3 Å². The van der Waals surface area contributed by atoms with E-state index in [0.29, 0.717) is 16.7 Å². The third-order valence-electron chi connectivity index (χ3n) is 2.30. The van der Waals surface area contributed by atoms with Gasteiger partial charge in [-0.15, -0.1) is 0 Å². The molecule has 0 aliphatic heterocycles. The minimum atomic E-state index is -4.47. The first-order valence-electron chi connectivity index (χ1n) is 5.42. The summed E-state index contributed by atoms with van der Waals surface area (Å²) in [5.74, 6) is 0. The zero-order chi connectivity index (χ0) is 16.2. The van der Waals surface area contributed by atoms with Crippen molar-refractivity contribution in [3.8, 4) is 0 Å². The Morgan fingerprint density at radius 2 is 1.76 bits per heavy atom. The largest absolute Gasteiger partial charge is 0.431 e. The van der Waals surface area contributed by atoms with Crippen LogP contribution in [0.4, 0.5) is 13.2 Å². The Morgan fingerprint density at radius 1 is 1.14 bits per heavy atom. The maximum atomic E-state index is 11.8. The highest BCUT2D eigenvalue weighted by Gasteiger charge is 2.31. The van der Waals surface area contributed by atoms with Crippen LogP contribution in [0.1, 0.15) is 11.3 Å². The Hall–Kier alpha value is -1.73. The summed E-state index contributed by atoms with van der Waals surface area (Å²) in [6, 6.07) is 1.54. The van der Waals surface area contributed by atoms with Crippen LogP contribution in [0.3, 0.4) is 0 Å². The molecular weight excluding hydrogens is 332 g/mol. The van der Waals surface area contributed by atoms with Crippen LogP contribution < -0.4 is 11.0 Å². The molecule has 2 aromatic heterocycles. The van der Waals surface area contributed by atoms with Gasteiger partial charge in [0.05, 0.1) is 5.02 Å². The Bertz CT molecular complexity index is 738. The summed E-state index contributed by atoms with van der Waals surface area (Å²) in [6.07, 6.45) is -2.09. The minimum Gasteiger partial charge on any atom is -0.357 e. The molecule has 0 aliphatic carbocycles. The first-order valence-corrected chi connectivity index (χ1v) is 6.17. The molecule has 2 rings (SSSR count). The average molecular weight is 341 g/mol. The third kappa shape index (κ3) is 4.95. The van der Waals surface area contributed by atoms with Crippen LogP contribution in [0.5, 0.6) is 0 Å². The van der Waals surface area contributed by atoms with E-state index < -0.39 is 17.3 Å². The number of nitrogens with one attached hydrogen (secondary N) is 2. The molecule has 0 aliphatic rings. The van der Waals surface area contributed by atoms with Crippen LogP contribution in [0.25, 0.3) is 0 Å². The predicted octanol–water partition coefficient (Wildman–Crippen LogP) is 3.38. The molecule has 0 saturated carbocycles. The number of hydrogen-bond donors (Lipinski definition) is 2. The number of aromatic amines is 2. The van der Waals surface area contributed by atoms with Crippen LogP contribution in [0.15, 0.2) is 34.1 Å². The number of alkyl halides is 3. The van der Waals surface area contributed by atoms with Crippen molar-refractivity contribution in [2.24, 2.45) is 0 Å². The second-order valence-electron chi connectivity index (χ2n) is 3.84. The van der Waals surface area contributed by atoms with Gasteiger partial charge in [-0.05, 0) is 12.5 Å². The maximum Gasteiger partial charge on any atom is 0.431 e. The second kappa shape index (κ2) is 6.82. The predicted molar refractivity (Wildman–Crippen MR) is 73.9 cm³/mol. The third-order valence-corrected chi connectivity index (χ3v) is 3.14. The van der Waals surface area contributed by atoms with Crippen LogP contribution in [0.2, 0.25) is 10.0 Å². The van der Waals surface area contributed by atoms with Gasteiger partial charge in [0.1, 0.15) is 10.7 Å². The van der Waals surface area contributed by atoms with Crippen LogP contribution in [-0.4, -0.2) is 9.97 Å². The van der Waals surface area contributed by atoms with Gasteiger partial charge in [0.2, 0.25) is 0 Å². The topological polar surface area (TPSA) is 65.7 Å². The van der Waals surface area contributed by atoms with Gasteiger partial charge < -0.3 is 9.97 Å². The lowest BCUT2D eigenvalue weighted by molar-refractivity contribution is -0.141. The van der Waals surface area contributed by atoms with E-state index in [1.54, 1.807) is 6.92 Å². The summed E-state index contributed by atoms with van der Waals surface area (Å²) in [6.45, 7) is 1.69. The molecule has 0 fully saturated rings. The van der Waals surface area contributed by atoms with Crippen LogP contribution >= 0.6 is 23.2 Å². The molecule has 2 aromatic rings. The van der Waals surface area contributed by atoms with E-state index in [-0.39, 0.29) is 10.6 Å². The molecule has 114 valence electrons. The quantitative estimate of drug-likeness (QED) is 0.772. The minimum absolute atomic E-state index is 0.160. The monoisotopic (exact) mass is 340 g/mol. The molecule has 4 nitrogen and oxygen atoms in total. The highest BCUT2D eigenvalue weighted by molar-refractivity contribution is 6.35. The normalized spacial score (nSPS) is 10.8. The van der Waals surface area contributed by atoms with Crippen molar-refractivity contribution in [2.75, 3.05) is 0 Å². The Kier molecular flexibility index (Phi) is 5.62. The molecule has 9 heteroatoms. The van der Waals surface area contributed by atoms with Crippen molar-refractivity contribution >= 4 is 23.2 Å². The van der Waals surface area contributed by atoms with Crippen molar-refractivity contribution < 1.29 is 13.2 Å². The molecule has 2 N–H and O–H groups in total. The van der Waals surface area contributed by atoms with Gasteiger partial charge in [0, 0.05) is 24.5 Å². The summed E-state index contributed by atoms with van der Waals surface area (Å²) in [5.41, 5.74) is -1.36. The van der Waals surface area contributed by atoms with Crippen molar-refractivity contribution in [2.45, 2.75) is 13.1 Å². The second-order valence-corrected chi connectivity index (χ2v) is 4.63. The smallest absolute Gasteiger partial charge is 0.357 e. The van der Waals surface area contributed by atoms with E-state index >= 15 is 0 Å². The number of pyridine rings is 2. The summed E-state index contributed by atoms with van der Waals surface area (Å²) >= 11 is 11.2. The molecule has 0 unspecified atom stereocenters. The number of rotatable bonds is 0. The van der Waals surface area contributed by atoms with Gasteiger partial charge in [-0.2, -0.15) is 13.2 Å². The fourth-order valence-corrected chi connectivity index (χ4v) is 1.54. The van der Waals surface area contributed by atoms with Crippen LogP contribution in [0, 0.1) is 6.92 Å². The average Bonchev–Trinajstić information content (AvgIpc) is 2.41. The summed E-state index contributed by atoms with van der Waals surface area (Å²) in [4.78, 5) is 25.5. The van der Waals surface area contributed by atoms with Crippen molar-refractivity contribution in [1.29, 1.82) is 0 Å². The Balaban J connectivity index is 0.000000211. The fourth-order valence-electron chi connectivity index (χ4n) is 1.18. The van der Waals surface area contributed by atoms with E-state index in [9.17, 15) is 22.8 Å². The first kappa shape index (κ1) is 17.3. The lowest BCUT2D eigenvalue weighted by Gasteiger charge is -2.03. The summed E-state index contributed by atoms with van der Waals surface area (Å²) in [7, 11) is 0. The number of halogens is 5. The van der Waals surface area contributed by atoms with Gasteiger partial charge in [0.25, 0.3) is 5.56 Å². The zero-order valence-electron chi connectivity index (χ0n) is 10.5. The van der Waals surface area contributed by atoms with E-state index in [1.165, 1.54) is 6.20 Å². The highest BCUT2D eigenvalue weighted by Crippen LogP contribution is 2.25. The standard InChI is InChI=1S/C6H5Cl2NO.C6H4F3NO/c1-3-4(7)2-9-6(10)5(3)8;7-6(8,9)5-3-4(11)1-2-10-5/h2H,1H3,(H,9,10);1-3H,(H,10,11). The van der Waals surface area contributed by atoms with Crippen LogP contribution in [-0.2, 0) is 6.18 Å². The SMILES string of the molecule is Cc1c(Cl)c[nH]c(=O)c1Cl.O=c1cc[nH]c(C(F)(F)F)c1. The Labute approximate surface area is 126 Å².